The number of hydrogen-bond donors (Lipinski definition) is 1. The maximum Gasteiger partial charge on any atom is 0.143 e. The third kappa shape index (κ3) is 2.90. The zero-order valence-electron chi connectivity index (χ0n) is 16.4. The van der Waals surface area contributed by atoms with Gasteiger partial charge in [-0.3, -0.25) is 4.79 Å². The van der Waals surface area contributed by atoms with Crippen molar-refractivity contribution in [3.63, 3.8) is 0 Å². The van der Waals surface area contributed by atoms with Gasteiger partial charge in [-0.05, 0) is 44.0 Å². The van der Waals surface area contributed by atoms with Gasteiger partial charge in [0.15, 0.2) is 0 Å². The first kappa shape index (κ1) is 18.2. The van der Waals surface area contributed by atoms with Crippen molar-refractivity contribution in [1.82, 2.24) is 9.78 Å². The maximum absolute atomic E-state index is 13.0. The molecule has 0 radical (unpaired) electrons. The highest BCUT2D eigenvalue weighted by Crippen LogP contribution is 2.49. The van der Waals surface area contributed by atoms with E-state index in [4.69, 9.17) is 16.7 Å². The molecule has 0 amide bonds. The number of carbonyl (C=O) groups is 1. The van der Waals surface area contributed by atoms with Crippen molar-refractivity contribution < 1.29 is 4.79 Å². The van der Waals surface area contributed by atoms with Crippen LogP contribution in [-0.2, 0) is 4.79 Å². The standard InChI is InChI=1S/C24H22ClN3O/c1-14-10-12-16(13-11-14)28-24-21(15(2)27-28)22(17-6-3-4-7-18(17)25)23-19(26-24)8-5-9-20(23)29/h3-4,6-8,10-13,22-23,26H,5,9H2,1-2H3/t22-,23+/m0/s1. The second-order valence-corrected chi connectivity index (χ2v) is 8.27. The van der Waals surface area contributed by atoms with E-state index in [-0.39, 0.29) is 17.6 Å². The number of fused-ring (bicyclic) bond motifs is 2. The van der Waals surface area contributed by atoms with E-state index in [0.29, 0.717) is 11.4 Å². The number of Topliss-reactive ketones (excluding diaryl/α,β-unsaturated/α-hetero) is 1. The molecule has 146 valence electrons. The van der Waals surface area contributed by atoms with Gasteiger partial charge in [-0.2, -0.15) is 5.10 Å². The van der Waals surface area contributed by atoms with Crippen molar-refractivity contribution in [2.75, 3.05) is 5.32 Å². The number of aromatic nitrogens is 2. The molecular formula is C24H22ClN3O. The number of carbonyl (C=O) groups excluding carboxylic acids is 1. The lowest BCUT2D eigenvalue weighted by molar-refractivity contribution is -0.122. The molecule has 0 unspecified atom stereocenters. The van der Waals surface area contributed by atoms with E-state index in [1.807, 2.05) is 35.9 Å². The van der Waals surface area contributed by atoms with Gasteiger partial charge in [0.05, 0.1) is 17.3 Å². The maximum atomic E-state index is 13.0. The highest BCUT2D eigenvalue weighted by molar-refractivity contribution is 6.31. The predicted octanol–water partition coefficient (Wildman–Crippen LogP) is 5.56. The number of halogens is 1. The summed E-state index contributed by atoms with van der Waals surface area (Å²) >= 11 is 6.62. The zero-order valence-corrected chi connectivity index (χ0v) is 17.2. The number of nitrogens with zero attached hydrogens (tertiary/aromatic N) is 2. The fourth-order valence-electron chi connectivity index (χ4n) is 4.59. The Labute approximate surface area is 175 Å². The molecule has 3 aromatic rings. The molecule has 0 spiro atoms. The molecule has 5 heteroatoms. The lowest BCUT2D eigenvalue weighted by Crippen LogP contribution is -2.35. The van der Waals surface area contributed by atoms with Gasteiger partial charge in [0, 0.05) is 28.6 Å². The van der Waals surface area contributed by atoms with Gasteiger partial charge < -0.3 is 5.32 Å². The lowest BCUT2D eigenvalue weighted by Gasteiger charge is -2.37. The molecule has 29 heavy (non-hydrogen) atoms. The Balaban J connectivity index is 1.76. The average Bonchev–Trinajstić information content (AvgIpc) is 3.04. The van der Waals surface area contributed by atoms with Crippen LogP contribution in [0.15, 0.2) is 60.3 Å². The molecule has 2 atom stereocenters. The van der Waals surface area contributed by atoms with Crippen molar-refractivity contribution in [1.29, 1.82) is 0 Å². The van der Waals surface area contributed by atoms with Crippen LogP contribution in [0.3, 0.4) is 0 Å². The highest BCUT2D eigenvalue weighted by Gasteiger charge is 2.43. The molecule has 2 aliphatic rings. The van der Waals surface area contributed by atoms with Gasteiger partial charge in [0.25, 0.3) is 0 Å². The largest absolute Gasteiger partial charge is 0.343 e. The fraction of sp³-hybridized carbons (Fsp3) is 0.250. The van der Waals surface area contributed by atoms with Gasteiger partial charge in [-0.1, -0.05) is 53.6 Å². The summed E-state index contributed by atoms with van der Waals surface area (Å²) in [6.45, 7) is 4.08. The third-order valence-corrected chi connectivity index (χ3v) is 6.31. The summed E-state index contributed by atoms with van der Waals surface area (Å²) in [4.78, 5) is 13.0. The number of allylic oxidation sites excluding steroid dienone is 2. The number of aryl methyl sites for hydroxylation is 2. The summed E-state index contributed by atoms with van der Waals surface area (Å²) in [5.41, 5.74) is 6.11. The minimum atomic E-state index is -0.245. The molecule has 0 bridgehead atoms. The summed E-state index contributed by atoms with van der Waals surface area (Å²) in [7, 11) is 0. The SMILES string of the molecule is Cc1ccc(-n2nc(C)c3c2NC2=CCCC(=O)[C@@H]2[C@H]3c2ccccc2Cl)cc1. The number of rotatable bonds is 2. The van der Waals surface area contributed by atoms with E-state index >= 15 is 0 Å². The van der Waals surface area contributed by atoms with Crippen LogP contribution in [0.2, 0.25) is 5.02 Å². The number of benzene rings is 2. The quantitative estimate of drug-likeness (QED) is 0.609. The first-order valence-electron chi connectivity index (χ1n) is 9.95. The second-order valence-electron chi connectivity index (χ2n) is 7.86. The van der Waals surface area contributed by atoms with Crippen LogP contribution in [0.25, 0.3) is 5.69 Å². The van der Waals surface area contributed by atoms with Gasteiger partial charge in [-0.25, -0.2) is 4.68 Å². The molecule has 1 aliphatic heterocycles. The van der Waals surface area contributed by atoms with Crippen molar-refractivity contribution >= 4 is 23.2 Å². The Hall–Kier alpha value is -2.85. The van der Waals surface area contributed by atoms with Crippen molar-refractivity contribution in [3.05, 3.63) is 87.7 Å². The Bertz CT molecular complexity index is 1140. The first-order valence-corrected chi connectivity index (χ1v) is 10.3. The molecule has 4 nitrogen and oxygen atoms in total. The monoisotopic (exact) mass is 403 g/mol. The summed E-state index contributed by atoms with van der Waals surface area (Å²) in [5.74, 6) is 0.797. The van der Waals surface area contributed by atoms with Crippen molar-refractivity contribution in [3.8, 4) is 5.69 Å². The van der Waals surface area contributed by atoms with E-state index in [9.17, 15) is 4.79 Å². The number of nitrogens with one attached hydrogen (secondary N) is 1. The molecule has 1 N–H and O–H groups in total. The molecule has 1 aromatic heterocycles. The minimum Gasteiger partial charge on any atom is -0.343 e. The van der Waals surface area contributed by atoms with Gasteiger partial charge in [0.1, 0.15) is 11.6 Å². The zero-order chi connectivity index (χ0) is 20.1. The van der Waals surface area contributed by atoms with Crippen LogP contribution >= 0.6 is 11.6 Å². The van der Waals surface area contributed by atoms with Crippen LogP contribution in [-0.4, -0.2) is 15.6 Å². The van der Waals surface area contributed by atoms with E-state index in [1.54, 1.807) is 0 Å². The van der Waals surface area contributed by atoms with Crippen molar-refractivity contribution in [2.45, 2.75) is 32.6 Å². The van der Waals surface area contributed by atoms with Gasteiger partial charge in [-0.15, -0.1) is 0 Å². The summed E-state index contributed by atoms with van der Waals surface area (Å²) < 4.78 is 1.95. The van der Waals surface area contributed by atoms with Crippen LogP contribution in [0.1, 0.15) is 41.1 Å². The molecular weight excluding hydrogens is 382 g/mol. The molecule has 1 aliphatic carbocycles. The summed E-state index contributed by atoms with van der Waals surface area (Å²) in [6, 6.07) is 16.1. The van der Waals surface area contributed by atoms with Crippen molar-refractivity contribution in [2.24, 2.45) is 5.92 Å². The van der Waals surface area contributed by atoms with E-state index in [2.05, 4.69) is 42.6 Å². The highest BCUT2D eigenvalue weighted by atomic mass is 35.5. The van der Waals surface area contributed by atoms with Gasteiger partial charge in [0.2, 0.25) is 0 Å². The Morgan fingerprint density at radius 3 is 2.59 bits per heavy atom. The minimum absolute atomic E-state index is 0.141. The smallest absolute Gasteiger partial charge is 0.143 e. The lowest BCUT2D eigenvalue weighted by atomic mass is 9.71. The van der Waals surface area contributed by atoms with Crippen LogP contribution < -0.4 is 5.32 Å². The van der Waals surface area contributed by atoms with E-state index < -0.39 is 0 Å². The Morgan fingerprint density at radius 2 is 1.83 bits per heavy atom. The second kappa shape index (κ2) is 6.89. The molecule has 5 rings (SSSR count). The molecule has 2 heterocycles. The van der Waals surface area contributed by atoms with Crippen LogP contribution in [0.4, 0.5) is 5.82 Å². The van der Waals surface area contributed by atoms with E-state index in [0.717, 1.165) is 40.4 Å². The average molecular weight is 404 g/mol. The topological polar surface area (TPSA) is 46.9 Å². The third-order valence-electron chi connectivity index (χ3n) is 5.97. The normalized spacial score (nSPS) is 20.5. The Morgan fingerprint density at radius 1 is 1.07 bits per heavy atom. The fourth-order valence-corrected chi connectivity index (χ4v) is 4.84. The molecule has 0 saturated carbocycles. The molecule has 0 fully saturated rings. The number of hydrogen-bond acceptors (Lipinski definition) is 3. The van der Waals surface area contributed by atoms with Crippen LogP contribution in [0, 0.1) is 19.8 Å². The first-order chi connectivity index (χ1) is 14.0. The summed E-state index contributed by atoms with van der Waals surface area (Å²) in [5, 5.41) is 9.09. The molecule has 2 aromatic carbocycles. The molecule has 0 saturated heterocycles. The predicted molar refractivity (Wildman–Crippen MR) is 116 cm³/mol. The van der Waals surface area contributed by atoms with Crippen LogP contribution in [0.5, 0.6) is 0 Å². The van der Waals surface area contributed by atoms with Gasteiger partial charge >= 0.3 is 0 Å². The van der Waals surface area contributed by atoms with E-state index in [1.165, 1.54) is 5.56 Å². The number of anilines is 1. The summed E-state index contributed by atoms with van der Waals surface area (Å²) in [6.07, 6.45) is 3.48. The Kier molecular flexibility index (Phi) is 4.32. The number of ketones is 1.